The van der Waals surface area contributed by atoms with Gasteiger partial charge in [0.1, 0.15) is 11.0 Å². The first-order chi connectivity index (χ1) is 12.9. The first-order valence-electron chi connectivity index (χ1n) is 10.2. The van der Waals surface area contributed by atoms with Crippen molar-refractivity contribution in [1.82, 2.24) is 25.6 Å². The van der Waals surface area contributed by atoms with Gasteiger partial charge in [-0.3, -0.25) is 4.79 Å². The second kappa shape index (κ2) is 8.38. The largest absolute Gasteiger partial charge is 0.356 e. The minimum atomic E-state index is 0.00742. The van der Waals surface area contributed by atoms with Crippen molar-refractivity contribution in [3.63, 3.8) is 0 Å². The second-order valence-electron chi connectivity index (χ2n) is 8.71. The number of H-pyrrole nitrogens is 1. The number of aromatic amines is 1. The van der Waals surface area contributed by atoms with Gasteiger partial charge in [0.05, 0.1) is 5.41 Å². The Bertz CT molecular complexity index is 759. The fraction of sp³-hybridized carbons (Fsp3) is 0.667. The summed E-state index contributed by atoms with van der Waals surface area (Å²) in [6, 6.07) is 6.16. The van der Waals surface area contributed by atoms with Gasteiger partial charge in [-0.25, -0.2) is 0 Å². The highest BCUT2D eigenvalue weighted by molar-refractivity contribution is 5.84. The van der Waals surface area contributed by atoms with Crippen LogP contribution in [0.3, 0.4) is 0 Å². The van der Waals surface area contributed by atoms with Crippen molar-refractivity contribution in [3.05, 3.63) is 23.8 Å². The van der Waals surface area contributed by atoms with Crippen LogP contribution in [-0.2, 0) is 4.79 Å². The molecule has 2 saturated heterocycles. The molecule has 0 saturated carbocycles. The van der Waals surface area contributed by atoms with Crippen LogP contribution in [0.4, 0.5) is 0 Å². The van der Waals surface area contributed by atoms with E-state index in [9.17, 15) is 4.79 Å². The van der Waals surface area contributed by atoms with E-state index in [2.05, 4.69) is 65.5 Å². The van der Waals surface area contributed by atoms with Gasteiger partial charge in [0.2, 0.25) is 5.91 Å². The van der Waals surface area contributed by atoms with Gasteiger partial charge in [0.25, 0.3) is 0 Å². The van der Waals surface area contributed by atoms with Crippen molar-refractivity contribution in [1.29, 1.82) is 0 Å². The van der Waals surface area contributed by atoms with E-state index < -0.39 is 0 Å². The van der Waals surface area contributed by atoms with Gasteiger partial charge in [-0.1, -0.05) is 33.8 Å². The predicted molar refractivity (Wildman–Crippen MR) is 109 cm³/mol. The SMILES string of the molecule is CC(C)CN1CCC2(CCNC2=O)CC1.CC(C)c1ccc2n[nH]nc2c1. The molecule has 0 atom stereocenters. The topological polar surface area (TPSA) is 73.9 Å². The second-order valence-corrected chi connectivity index (χ2v) is 8.71. The Balaban J connectivity index is 0.000000159. The average Bonchev–Trinajstić information content (AvgIpc) is 3.24. The molecule has 1 aromatic heterocycles. The summed E-state index contributed by atoms with van der Waals surface area (Å²) in [5.41, 5.74) is 3.19. The summed E-state index contributed by atoms with van der Waals surface area (Å²) >= 11 is 0. The Hall–Kier alpha value is -1.95. The fourth-order valence-corrected chi connectivity index (χ4v) is 4.09. The Morgan fingerprint density at radius 1 is 1.07 bits per heavy atom. The third kappa shape index (κ3) is 4.67. The summed E-state index contributed by atoms with van der Waals surface area (Å²) < 4.78 is 0. The number of amides is 1. The maximum absolute atomic E-state index is 11.8. The van der Waals surface area contributed by atoms with Crippen molar-refractivity contribution in [2.75, 3.05) is 26.2 Å². The quantitative estimate of drug-likeness (QED) is 0.868. The zero-order chi connectivity index (χ0) is 19.4. The molecular weight excluding hydrogens is 338 g/mol. The molecule has 148 valence electrons. The molecule has 1 aromatic carbocycles. The maximum Gasteiger partial charge on any atom is 0.226 e. The van der Waals surface area contributed by atoms with E-state index in [1.54, 1.807) is 0 Å². The van der Waals surface area contributed by atoms with Crippen LogP contribution in [0.2, 0.25) is 0 Å². The molecule has 0 unspecified atom stereocenters. The number of carbonyl (C=O) groups excluding carboxylic acids is 1. The first kappa shape index (κ1) is 19.8. The summed E-state index contributed by atoms with van der Waals surface area (Å²) in [5.74, 6) is 1.59. The molecule has 1 spiro atoms. The molecule has 0 radical (unpaired) electrons. The van der Waals surface area contributed by atoms with Crippen molar-refractivity contribution < 1.29 is 4.79 Å². The number of nitrogens with one attached hydrogen (secondary N) is 2. The Kier molecular flexibility index (Phi) is 6.15. The van der Waals surface area contributed by atoms with Crippen LogP contribution in [0, 0.1) is 11.3 Å². The number of likely N-dealkylation sites (tertiary alicyclic amines) is 1. The van der Waals surface area contributed by atoms with Crippen molar-refractivity contribution in [2.45, 2.75) is 52.9 Å². The molecule has 6 nitrogen and oxygen atoms in total. The monoisotopic (exact) mass is 371 g/mol. The maximum atomic E-state index is 11.8. The highest BCUT2D eigenvalue weighted by atomic mass is 16.2. The molecule has 27 heavy (non-hydrogen) atoms. The van der Waals surface area contributed by atoms with Gasteiger partial charge in [0, 0.05) is 13.1 Å². The average molecular weight is 372 g/mol. The van der Waals surface area contributed by atoms with Gasteiger partial charge in [-0.05, 0) is 61.9 Å². The van der Waals surface area contributed by atoms with Gasteiger partial charge in [-0.2, -0.15) is 15.4 Å². The minimum absolute atomic E-state index is 0.00742. The van der Waals surface area contributed by atoms with Crippen molar-refractivity contribution in [3.8, 4) is 0 Å². The lowest BCUT2D eigenvalue weighted by atomic mass is 9.77. The lowest BCUT2D eigenvalue weighted by Crippen LogP contribution is -2.44. The number of fused-ring (bicyclic) bond motifs is 1. The van der Waals surface area contributed by atoms with Crippen LogP contribution >= 0.6 is 0 Å². The molecule has 4 rings (SSSR count). The van der Waals surface area contributed by atoms with Crippen LogP contribution in [0.15, 0.2) is 18.2 Å². The molecule has 2 aliphatic rings. The van der Waals surface area contributed by atoms with Crippen LogP contribution in [-0.4, -0.2) is 52.4 Å². The van der Waals surface area contributed by atoms with Crippen LogP contribution in [0.25, 0.3) is 11.0 Å². The smallest absolute Gasteiger partial charge is 0.226 e. The van der Waals surface area contributed by atoms with E-state index in [1.807, 2.05) is 6.07 Å². The number of piperidine rings is 1. The molecule has 2 fully saturated rings. The molecule has 2 aromatic rings. The van der Waals surface area contributed by atoms with E-state index in [-0.39, 0.29) is 5.41 Å². The van der Waals surface area contributed by atoms with E-state index in [0.29, 0.717) is 11.8 Å². The van der Waals surface area contributed by atoms with Gasteiger partial charge in [-0.15, -0.1) is 0 Å². The third-order valence-corrected chi connectivity index (χ3v) is 5.81. The van der Waals surface area contributed by atoms with Crippen LogP contribution in [0.1, 0.15) is 58.4 Å². The predicted octanol–water partition coefficient (Wildman–Crippen LogP) is 3.33. The minimum Gasteiger partial charge on any atom is -0.356 e. The molecule has 3 heterocycles. The molecule has 0 bridgehead atoms. The Morgan fingerprint density at radius 2 is 1.78 bits per heavy atom. The fourth-order valence-electron chi connectivity index (χ4n) is 4.09. The van der Waals surface area contributed by atoms with Gasteiger partial charge >= 0.3 is 0 Å². The Labute approximate surface area is 162 Å². The number of nitrogens with zero attached hydrogens (tertiary/aromatic N) is 3. The van der Waals surface area contributed by atoms with E-state index >= 15 is 0 Å². The summed E-state index contributed by atoms with van der Waals surface area (Å²) in [6.07, 6.45) is 3.18. The van der Waals surface area contributed by atoms with Crippen LogP contribution in [0.5, 0.6) is 0 Å². The normalized spacial score (nSPS) is 19.6. The molecule has 0 aliphatic carbocycles. The van der Waals surface area contributed by atoms with Crippen molar-refractivity contribution in [2.24, 2.45) is 11.3 Å². The zero-order valence-electron chi connectivity index (χ0n) is 17.1. The lowest BCUT2D eigenvalue weighted by molar-refractivity contribution is -0.130. The summed E-state index contributed by atoms with van der Waals surface area (Å²) in [7, 11) is 0. The highest BCUT2D eigenvalue weighted by Crippen LogP contribution is 2.38. The Morgan fingerprint density at radius 3 is 2.37 bits per heavy atom. The highest BCUT2D eigenvalue weighted by Gasteiger charge is 2.44. The number of rotatable bonds is 3. The molecule has 1 amide bonds. The van der Waals surface area contributed by atoms with E-state index in [4.69, 9.17) is 0 Å². The lowest BCUT2D eigenvalue weighted by Gasteiger charge is -2.37. The van der Waals surface area contributed by atoms with Gasteiger partial charge in [0.15, 0.2) is 0 Å². The first-order valence-corrected chi connectivity index (χ1v) is 10.2. The molecule has 2 aliphatic heterocycles. The standard InChI is InChI=1S/C12H22N2O.C9H11N3/c1-10(2)9-14-7-4-12(5-8-14)3-6-13-11(12)15;1-6(2)7-3-4-8-9(5-7)11-12-10-8/h10H,3-9H2,1-2H3,(H,13,15);3-6H,1-2H3,(H,10,11,12). The molecule has 2 N–H and O–H groups in total. The molecule has 6 heteroatoms. The third-order valence-electron chi connectivity index (χ3n) is 5.81. The summed E-state index contributed by atoms with van der Waals surface area (Å²) in [4.78, 5) is 14.3. The number of carbonyl (C=O) groups is 1. The van der Waals surface area contributed by atoms with Crippen LogP contribution < -0.4 is 5.32 Å². The van der Waals surface area contributed by atoms with Gasteiger partial charge < -0.3 is 10.2 Å². The van der Waals surface area contributed by atoms with E-state index in [1.165, 1.54) is 12.1 Å². The van der Waals surface area contributed by atoms with Crippen molar-refractivity contribution >= 4 is 16.9 Å². The zero-order valence-corrected chi connectivity index (χ0v) is 17.1. The number of benzene rings is 1. The summed E-state index contributed by atoms with van der Waals surface area (Å²) in [5, 5.41) is 13.6. The number of hydrogen-bond donors (Lipinski definition) is 2. The summed E-state index contributed by atoms with van der Waals surface area (Å²) in [6.45, 7) is 13.1. The molecular formula is C21H33N5O. The number of aromatic nitrogens is 3. The van der Waals surface area contributed by atoms with E-state index in [0.717, 1.165) is 55.8 Å². The number of hydrogen-bond acceptors (Lipinski definition) is 4.